The third-order valence-corrected chi connectivity index (χ3v) is 4.40. The summed E-state index contributed by atoms with van der Waals surface area (Å²) in [6.45, 7) is 13.2. The van der Waals surface area contributed by atoms with Gasteiger partial charge in [-0.2, -0.15) is 0 Å². The van der Waals surface area contributed by atoms with Crippen molar-refractivity contribution in [3.8, 4) is 0 Å². The van der Waals surface area contributed by atoms with Crippen LogP contribution < -0.4 is 5.30 Å². The quantitative estimate of drug-likeness (QED) is 0.698. The maximum Gasteiger partial charge on any atom is 0.0913 e. The molecule has 0 aliphatic carbocycles. The molecular weight excluding hydrogens is 239 g/mol. The Kier molecular flexibility index (Phi) is 7.19. The van der Waals surface area contributed by atoms with E-state index in [-0.39, 0.29) is 0 Å². The summed E-state index contributed by atoms with van der Waals surface area (Å²) < 4.78 is 0. The molecule has 0 spiro atoms. The second kappa shape index (κ2) is 8.42. The lowest BCUT2D eigenvalue weighted by atomic mass is 10.4. The van der Waals surface area contributed by atoms with Crippen molar-refractivity contribution in [2.75, 3.05) is 26.2 Å². The van der Waals surface area contributed by atoms with Crippen molar-refractivity contribution in [3.63, 3.8) is 0 Å². The van der Waals surface area contributed by atoms with Gasteiger partial charge in [0, 0.05) is 31.5 Å². The second-order valence-electron chi connectivity index (χ2n) is 4.09. The smallest absolute Gasteiger partial charge is 0.0913 e. The first-order valence-corrected chi connectivity index (χ1v) is 7.79. The van der Waals surface area contributed by atoms with Crippen molar-refractivity contribution in [1.82, 2.24) is 9.80 Å². The van der Waals surface area contributed by atoms with E-state index in [0.717, 1.165) is 26.2 Å². The number of hydrogen-bond donors (Lipinski definition) is 0. The van der Waals surface area contributed by atoms with Gasteiger partial charge in [-0.25, -0.2) is 0 Å². The molecule has 3 heteroatoms. The van der Waals surface area contributed by atoms with Crippen molar-refractivity contribution in [2.45, 2.75) is 27.7 Å². The molecule has 0 bridgehead atoms. The van der Waals surface area contributed by atoms with Crippen LogP contribution in [0.5, 0.6) is 0 Å². The van der Waals surface area contributed by atoms with Gasteiger partial charge in [0.05, 0.1) is 5.54 Å². The zero-order valence-electron chi connectivity index (χ0n) is 12.1. The first-order valence-electron chi connectivity index (χ1n) is 6.90. The molecule has 0 N–H and O–H groups in total. The summed E-state index contributed by atoms with van der Waals surface area (Å²) in [4.78, 5) is 4.92. The van der Waals surface area contributed by atoms with E-state index < -0.39 is 0 Å². The summed E-state index contributed by atoms with van der Waals surface area (Å²) in [5, 5.41) is 1.37. The Morgan fingerprint density at radius 3 is 1.67 bits per heavy atom. The maximum absolute atomic E-state index is 2.46. The van der Waals surface area contributed by atoms with E-state index in [1.54, 1.807) is 0 Å². The van der Waals surface area contributed by atoms with Crippen LogP contribution in [0.3, 0.4) is 0 Å². The molecule has 1 rings (SSSR count). The highest BCUT2D eigenvalue weighted by Crippen LogP contribution is 2.10. The molecule has 2 nitrogen and oxygen atoms in total. The van der Waals surface area contributed by atoms with Crippen molar-refractivity contribution < 1.29 is 0 Å². The Balaban J connectivity index is 3.06. The first kappa shape index (κ1) is 15.4. The molecule has 0 aromatic heterocycles. The molecule has 0 heterocycles. The average Bonchev–Trinajstić information content (AvgIpc) is 2.42. The number of hydrogen-bond acceptors (Lipinski definition) is 0. The van der Waals surface area contributed by atoms with Gasteiger partial charge in [0.2, 0.25) is 0 Å². The van der Waals surface area contributed by atoms with Gasteiger partial charge in [-0.05, 0) is 8.20 Å². The third-order valence-electron chi connectivity index (χ3n) is 3.08. The van der Waals surface area contributed by atoms with Crippen LogP contribution in [0, 0.1) is 0 Å². The normalized spacial score (nSPS) is 11.4. The van der Waals surface area contributed by atoms with Crippen LogP contribution in [-0.2, 0) is 0 Å². The lowest BCUT2D eigenvalue weighted by Gasteiger charge is -2.30. The predicted molar refractivity (Wildman–Crippen MR) is 83.8 cm³/mol. The summed E-state index contributed by atoms with van der Waals surface area (Å²) in [5.74, 6) is 0. The SMILES string of the molecule is CCN(CC)C(=Pc1ccccc1)N(CC)CC. The molecule has 0 amide bonds. The van der Waals surface area contributed by atoms with E-state index in [2.05, 4.69) is 67.8 Å². The zero-order chi connectivity index (χ0) is 13.4. The van der Waals surface area contributed by atoms with E-state index in [1.165, 1.54) is 19.1 Å². The molecule has 0 aliphatic rings. The minimum Gasteiger partial charge on any atom is -0.262 e. The third kappa shape index (κ3) is 4.20. The summed E-state index contributed by atoms with van der Waals surface area (Å²) >= 11 is 0. The highest BCUT2D eigenvalue weighted by molar-refractivity contribution is 7.48. The molecule has 0 saturated heterocycles. The largest absolute Gasteiger partial charge is 0.262 e. The molecular formula is C15H25N2P. The van der Waals surface area contributed by atoms with Gasteiger partial charge in [0.15, 0.2) is 0 Å². The van der Waals surface area contributed by atoms with Crippen LogP contribution in [0.15, 0.2) is 30.3 Å². The van der Waals surface area contributed by atoms with E-state index in [0.29, 0.717) is 0 Å². The first-order chi connectivity index (χ1) is 8.76. The molecule has 0 fully saturated rings. The highest BCUT2D eigenvalue weighted by atomic mass is 31.1. The monoisotopic (exact) mass is 264 g/mol. The molecule has 1 aromatic rings. The number of rotatable bonds is 7. The maximum atomic E-state index is 2.46. The fourth-order valence-electron chi connectivity index (χ4n) is 1.97. The van der Waals surface area contributed by atoms with Gasteiger partial charge >= 0.3 is 0 Å². The van der Waals surface area contributed by atoms with E-state index in [9.17, 15) is 0 Å². The standard InChI is InChI=1S/C15H25N2P/c1-5-16(6-2)15(17(7-3)8-4)18-14-12-10-9-11-13-14/h9-13H,5-8H2,1-4H3. The Hall–Kier alpha value is -0.690. The molecule has 0 atom stereocenters. The lowest BCUT2D eigenvalue weighted by molar-refractivity contribution is 0.363. The Morgan fingerprint density at radius 2 is 1.28 bits per heavy atom. The van der Waals surface area contributed by atoms with Crippen molar-refractivity contribution in [1.29, 1.82) is 0 Å². The van der Waals surface area contributed by atoms with Crippen LogP contribution in [0.4, 0.5) is 0 Å². The van der Waals surface area contributed by atoms with Gasteiger partial charge in [-0.3, -0.25) is 9.80 Å². The molecule has 100 valence electrons. The minimum atomic E-state index is 1.07. The average molecular weight is 264 g/mol. The van der Waals surface area contributed by atoms with Gasteiger partial charge < -0.3 is 0 Å². The highest BCUT2D eigenvalue weighted by Gasteiger charge is 2.14. The van der Waals surface area contributed by atoms with Crippen molar-refractivity contribution in [3.05, 3.63) is 30.3 Å². The fraction of sp³-hybridized carbons (Fsp3) is 0.533. The summed E-state index contributed by atoms with van der Waals surface area (Å²) in [7, 11) is 1.31. The van der Waals surface area contributed by atoms with Crippen molar-refractivity contribution in [2.24, 2.45) is 0 Å². The summed E-state index contributed by atoms with van der Waals surface area (Å²) in [5.41, 5.74) is 1.43. The van der Waals surface area contributed by atoms with E-state index in [1.807, 2.05) is 0 Å². The number of nitrogens with zero attached hydrogens (tertiary/aromatic N) is 2. The Bertz CT molecular complexity index is 340. The Labute approximate surface area is 113 Å². The fourth-order valence-corrected chi connectivity index (χ4v) is 3.37. The zero-order valence-corrected chi connectivity index (χ0v) is 13.0. The minimum absolute atomic E-state index is 1.07. The van der Waals surface area contributed by atoms with Crippen molar-refractivity contribution >= 4 is 19.1 Å². The van der Waals surface area contributed by atoms with Crippen LogP contribution >= 0.6 is 8.20 Å². The molecule has 0 aliphatic heterocycles. The van der Waals surface area contributed by atoms with Crippen LogP contribution in [-0.4, -0.2) is 41.5 Å². The van der Waals surface area contributed by atoms with E-state index >= 15 is 0 Å². The molecule has 0 saturated carbocycles. The summed E-state index contributed by atoms with van der Waals surface area (Å²) in [6, 6.07) is 10.7. The Morgan fingerprint density at radius 1 is 0.833 bits per heavy atom. The van der Waals surface area contributed by atoms with Gasteiger partial charge in [0.25, 0.3) is 0 Å². The van der Waals surface area contributed by atoms with Crippen LogP contribution in [0.1, 0.15) is 27.7 Å². The van der Waals surface area contributed by atoms with Gasteiger partial charge in [0.1, 0.15) is 0 Å². The molecule has 18 heavy (non-hydrogen) atoms. The van der Waals surface area contributed by atoms with E-state index in [4.69, 9.17) is 0 Å². The molecule has 1 aromatic carbocycles. The summed E-state index contributed by atoms with van der Waals surface area (Å²) in [6.07, 6.45) is 0. The van der Waals surface area contributed by atoms with Crippen LogP contribution in [0.2, 0.25) is 0 Å². The van der Waals surface area contributed by atoms with Gasteiger partial charge in [-0.1, -0.05) is 58.0 Å². The molecule has 0 radical (unpaired) electrons. The lowest BCUT2D eigenvalue weighted by Crippen LogP contribution is -2.43. The second-order valence-corrected chi connectivity index (χ2v) is 5.23. The topological polar surface area (TPSA) is 6.48 Å². The van der Waals surface area contributed by atoms with Gasteiger partial charge in [-0.15, -0.1) is 0 Å². The number of benzene rings is 1. The van der Waals surface area contributed by atoms with Crippen LogP contribution in [0.25, 0.3) is 0 Å². The molecule has 0 unspecified atom stereocenters. The predicted octanol–water partition coefficient (Wildman–Crippen LogP) is 3.03.